The van der Waals surface area contributed by atoms with E-state index in [0.717, 1.165) is 19.3 Å². The molecule has 0 aromatic carbocycles. The lowest BCUT2D eigenvalue weighted by Crippen LogP contribution is -2.42. The predicted octanol–water partition coefficient (Wildman–Crippen LogP) is 1.91. The molecule has 29 heavy (non-hydrogen) atoms. The maximum absolute atomic E-state index is 12.9. The topological polar surface area (TPSA) is 103 Å². The molecule has 0 bridgehead atoms. The van der Waals surface area contributed by atoms with Crippen molar-refractivity contribution in [2.75, 3.05) is 18.8 Å². The first-order valence-electron chi connectivity index (χ1n) is 9.83. The summed E-state index contributed by atoms with van der Waals surface area (Å²) in [5, 5.41) is 3.71. The molecule has 4 rings (SSSR count). The van der Waals surface area contributed by atoms with Crippen LogP contribution in [0.4, 0.5) is 0 Å². The molecule has 2 aromatic heterocycles. The summed E-state index contributed by atoms with van der Waals surface area (Å²) in [4.78, 5) is 35.0. The molecule has 0 aliphatic carbocycles. The van der Waals surface area contributed by atoms with Crippen LogP contribution in [0.3, 0.4) is 0 Å². The van der Waals surface area contributed by atoms with E-state index in [0.29, 0.717) is 42.2 Å². The Bertz CT molecular complexity index is 1060. The lowest BCUT2D eigenvalue weighted by atomic mass is 9.99. The van der Waals surface area contributed by atoms with E-state index < -0.39 is 10.0 Å². The quantitative estimate of drug-likeness (QED) is 0.789. The van der Waals surface area contributed by atoms with Gasteiger partial charge in [-0.3, -0.25) is 9.59 Å². The first kappa shape index (κ1) is 20.2. The van der Waals surface area contributed by atoms with Crippen molar-refractivity contribution < 1.29 is 13.2 Å². The molecule has 2 aliphatic heterocycles. The molecule has 2 aliphatic rings. The summed E-state index contributed by atoms with van der Waals surface area (Å²) in [7, 11) is -3.36. The largest absolute Gasteiger partial charge is 0.328 e. The Balaban J connectivity index is 1.65. The zero-order chi connectivity index (χ0) is 20.6. The van der Waals surface area contributed by atoms with Crippen LogP contribution in [0.15, 0.2) is 21.6 Å². The SMILES string of the molecule is CCS(=O)(=O)N1CCc2nc([C@H]3CCCCN3C(=O)c3ccsc3)[nH]c(=O)c2C1. The van der Waals surface area contributed by atoms with Crippen LogP contribution in [0.25, 0.3) is 0 Å². The van der Waals surface area contributed by atoms with Crippen molar-refractivity contribution >= 4 is 27.3 Å². The van der Waals surface area contributed by atoms with Crippen LogP contribution in [0.5, 0.6) is 0 Å². The number of likely N-dealkylation sites (tertiary alicyclic amines) is 1. The number of fused-ring (bicyclic) bond motifs is 1. The number of H-pyrrole nitrogens is 1. The second-order valence-electron chi connectivity index (χ2n) is 7.38. The van der Waals surface area contributed by atoms with Gasteiger partial charge in [0, 0.05) is 31.4 Å². The number of piperidine rings is 1. The van der Waals surface area contributed by atoms with Gasteiger partial charge in [0.2, 0.25) is 10.0 Å². The number of nitrogens with zero attached hydrogens (tertiary/aromatic N) is 3. The lowest BCUT2D eigenvalue weighted by molar-refractivity contribution is 0.0599. The molecular weight excluding hydrogens is 412 g/mol. The van der Waals surface area contributed by atoms with Crippen LogP contribution in [0.1, 0.15) is 59.7 Å². The van der Waals surface area contributed by atoms with Crippen molar-refractivity contribution in [2.24, 2.45) is 0 Å². The summed E-state index contributed by atoms with van der Waals surface area (Å²) in [5.74, 6) is 0.466. The summed E-state index contributed by atoms with van der Waals surface area (Å²) in [6, 6.07) is 1.54. The van der Waals surface area contributed by atoms with Gasteiger partial charge in [-0.25, -0.2) is 13.4 Å². The van der Waals surface area contributed by atoms with Gasteiger partial charge in [-0.1, -0.05) is 0 Å². The molecule has 0 saturated carbocycles. The summed E-state index contributed by atoms with van der Waals surface area (Å²) >= 11 is 1.48. The number of hydrogen-bond donors (Lipinski definition) is 1. The number of amides is 1. The number of aromatic amines is 1. The highest BCUT2D eigenvalue weighted by Gasteiger charge is 2.33. The molecule has 10 heteroatoms. The molecule has 156 valence electrons. The number of nitrogens with one attached hydrogen (secondary N) is 1. The van der Waals surface area contributed by atoms with Crippen LogP contribution < -0.4 is 5.56 Å². The lowest BCUT2D eigenvalue weighted by Gasteiger charge is -2.35. The number of thiophene rings is 1. The van der Waals surface area contributed by atoms with E-state index in [9.17, 15) is 18.0 Å². The minimum Gasteiger partial charge on any atom is -0.328 e. The van der Waals surface area contributed by atoms with E-state index in [-0.39, 0.29) is 29.8 Å². The zero-order valence-electron chi connectivity index (χ0n) is 16.3. The van der Waals surface area contributed by atoms with E-state index in [4.69, 9.17) is 0 Å². The second-order valence-corrected chi connectivity index (χ2v) is 10.4. The summed E-state index contributed by atoms with van der Waals surface area (Å²) in [5.41, 5.74) is 1.39. The Hall–Kier alpha value is -2.04. The second kappa shape index (κ2) is 8.00. The minimum absolute atomic E-state index is 0.00742. The van der Waals surface area contributed by atoms with Gasteiger partial charge in [0.25, 0.3) is 11.5 Å². The fraction of sp³-hybridized carbons (Fsp3) is 0.526. The highest BCUT2D eigenvalue weighted by molar-refractivity contribution is 7.89. The highest BCUT2D eigenvalue weighted by Crippen LogP contribution is 2.31. The Morgan fingerprint density at radius 2 is 2.17 bits per heavy atom. The number of carbonyl (C=O) groups excluding carboxylic acids is 1. The molecule has 2 aromatic rings. The van der Waals surface area contributed by atoms with Crippen LogP contribution in [-0.4, -0.2) is 52.3 Å². The Kier molecular flexibility index (Phi) is 5.58. The molecule has 0 spiro atoms. The first-order chi connectivity index (χ1) is 13.9. The van der Waals surface area contributed by atoms with E-state index in [1.807, 2.05) is 16.8 Å². The Morgan fingerprint density at radius 1 is 1.34 bits per heavy atom. The number of aromatic nitrogens is 2. The fourth-order valence-electron chi connectivity index (χ4n) is 4.01. The van der Waals surface area contributed by atoms with E-state index >= 15 is 0 Å². The molecule has 1 atom stereocenters. The number of sulfonamides is 1. The maximum Gasteiger partial charge on any atom is 0.255 e. The van der Waals surface area contributed by atoms with Gasteiger partial charge in [0.15, 0.2) is 0 Å². The summed E-state index contributed by atoms with van der Waals surface area (Å²) < 4.78 is 25.7. The summed E-state index contributed by atoms with van der Waals surface area (Å²) in [6.45, 7) is 2.60. The van der Waals surface area contributed by atoms with Crippen LogP contribution in [-0.2, 0) is 23.0 Å². The molecule has 1 amide bonds. The predicted molar refractivity (Wildman–Crippen MR) is 110 cm³/mol. The molecule has 1 saturated heterocycles. The zero-order valence-corrected chi connectivity index (χ0v) is 17.9. The normalized spacial score (nSPS) is 20.4. The van der Waals surface area contributed by atoms with E-state index in [2.05, 4.69) is 9.97 Å². The van der Waals surface area contributed by atoms with Gasteiger partial charge in [-0.2, -0.15) is 15.6 Å². The third-order valence-corrected chi connectivity index (χ3v) is 8.17. The van der Waals surface area contributed by atoms with Crippen molar-refractivity contribution in [3.63, 3.8) is 0 Å². The third kappa shape index (κ3) is 3.88. The third-order valence-electron chi connectivity index (χ3n) is 5.66. The first-order valence-corrected chi connectivity index (χ1v) is 12.4. The van der Waals surface area contributed by atoms with Gasteiger partial charge >= 0.3 is 0 Å². The van der Waals surface area contributed by atoms with E-state index in [1.165, 1.54) is 15.6 Å². The fourth-order valence-corrected chi connectivity index (χ4v) is 5.70. The van der Waals surface area contributed by atoms with Crippen LogP contribution >= 0.6 is 11.3 Å². The van der Waals surface area contributed by atoms with Crippen molar-refractivity contribution in [2.45, 2.75) is 45.2 Å². The van der Waals surface area contributed by atoms with E-state index in [1.54, 1.807) is 11.8 Å². The maximum atomic E-state index is 12.9. The Morgan fingerprint density at radius 3 is 2.90 bits per heavy atom. The minimum atomic E-state index is -3.36. The molecule has 4 heterocycles. The molecular formula is C19H24N4O4S2. The number of rotatable bonds is 4. The average molecular weight is 437 g/mol. The number of hydrogen-bond acceptors (Lipinski definition) is 6. The monoisotopic (exact) mass is 436 g/mol. The van der Waals surface area contributed by atoms with Gasteiger partial charge in [-0.15, -0.1) is 0 Å². The van der Waals surface area contributed by atoms with Crippen molar-refractivity contribution in [3.05, 3.63) is 49.8 Å². The summed E-state index contributed by atoms with van der Waals surface area (Å²) in [6.07, 6.45) is 3.03. The molecule has 8 nitrogen and oxygen atoms in total. The van der Waals surface area contributed by atoms with Crippen LogP contribution in [0.2, 0.25) is 0 Å². The van der Waals surface area contributed by atoms with Crippen molar-refractivity contribution in [3.8, 4) is 0 Å². The van der Waals surface area contributed by atoms with Crippen molar-refractivity contribution in [1.29, 1.82) is 0 Å². The average Bonchev–Trinajstić information content (AvgIpc) is 3.28. The van der Waals surface area contributed by atoms with Gasteiger partial charge < -0.3 is 9.88 Å². The van der Waals surface area contributed by atoms with Gasteiger partial charge in [-0.05, 0) is 37.6 Å². The molecule has 0 radical (unpaired) electrons. The Labute approximate surface area is 173 Å². The van der Waals surface area contributed by atoms with Gasteiger partial charge in [0.05, 0.1) is 28.6 Å². The molecule has 1 N–H and O–H groups in total. The van der Waals surface area contributed by atoms with Crippen LogP contribution in [0, 0.1) is 0 Å². The smallest absolute Gasteiger partial charge is 0.255 e. The highest BCUT2D eigenvalue weighted by atomic mass is 32.2. The molecule has 0 unspecified atom stereocenters. The number of carbonyl (C=O) groups is 1. The molecule has 1 fully saturated rings. The van der Waals surface area contributed by atoms with Crippen molar-refractivity contribution in [1.82, 2.24) is 19.2 Å². The van der Waals surface area contributed by atoms with Gasteiger partial charge in [0.1, 0.15) is 5.82 Å². The standard InChI is InChI=1S/C19H24N4O4S2/c1-2-29(26,27)22-9-6-15-14(11-22)18(24)21-17(20-15)16-5-3-4-8-23(16)19(25)13-7-10-28-12-13/h7,10,12,16H,2-6,8-9,11H2,1H3,(H,20,21,24)/t16-/m1/s1.